The van der Waals surface area contributed by atoms with Crippen molar-refractivity contribution in [1.82, 2.24) is 4.98 Å². The van der Waals surface area contributed by atoms with Gasteiger partial charge < -0.3 is 5.73 Å². The summed E-state index contributed by atoms with van der Waals surface area (Å²) < 4.78 is 1.24. The fourth-order valence-electron chi connectivity index (χ4n) is 1.59. The van der Waals surface area contributed by atoms with E-state index in [0.717, 1.165) is 5.52 Å². The summed E-state index contributed by atoms with van der Waals surface area (Å²) in [4.78, 5) is 4.61. The molecule has 0 saturated heterocycles. The number of rotatable bonds is 2. The smallest absolute Gasteiger partial charge is 0.0963 e. The number of thiazole rings is 1. The highest BCUT2D eigenvalue weighted by Gasteiger charge is 2.15. The fraction of sp³-hybridized carbons (Fsp3) is 0.462. The maximum atomic E-state index is 6.10. The van der Waals surface area contributed by atoms with Crippen molar-refractivity contribution in [2.45, 2.75) is 39.2 Å². The Balaban J connectivity index is 2.54. The predicted octanol–water partition coefficient (Wildman–Crippen LogP) is 3.61. The zero-order valence-corrected chi connectivity index (χ0v) is 11.1. The van der Waals surface area contributed by atoms with Crippen LogP contribution >= 0.6 is 11.3 Å². The Kier molecular flexibility index (Phi) is 2.76. The van der Waals surface area contributed by atoms with Gasteiger partial charge in [-0.2, -0.15) is 0 Å². The van der Waals surface area contributed by atoms with Gasteiger partial charge in [0.25, 0.3) is 0 Å². The van der Waals surface area contributed by atoms with Gasteiger partial charge in [-0.05, 0) is 31.5 Å². The van der Waals surface area contributed by atoms with Crippen LogP contribution in [0.5, 0.6) is 0 Å². The second kappa shape index (κ2) is 3.82. The van der Waals surface area contributed by atoms with Crippen LogP contribution in [0.3, 0.4) is 0 Å². The summed E-state index contributed by atoms with van der Waals surface area (Å²) in [5.74, 6) is 0.492. The van der Waals surface area contributed by atoms with Crippen LogP contribution in [0.2, 0.25) is 0 Å². The highest BCUT2D eigenvalue weighted by atomic mass is 32.1. The molecule has 0 aliphatic heterocycles. The quantitative estimate of drug-likeness (QED) is 0.862. The van der Waals surface area contributed by atoms with E-state index in [9.17, 15) is 0 Å². The Morgan fingerprint density at radius 2 is 2.00 bits per heavy atom. The van der Waals surface area contributed by atoms with E-state index in [4.69, 9.17) is 5.73 Å². The van der Waals surface area contributed by atoms with Gasteiger partial charge in [-0.1, -0.05) is 19.9 Å². The number of aromatic nitrogens is 1. The molecule has 0 unspecified atom stereocenters. The molecular weight excluding hydrogens is 216 g/mol. The first-order valence-corrected chi connectivity index (χ1v) is 6.39. The molecule has 0 aliphatic rings. The summed E-state index contributed by atoms with van der Waals surface area (Å²) in [5.41, 5.74) is 8.07. The first-order chi connectivity index (χ1) is 7.38. The third kappa shape index (κ3) is 2.11. The van der Waals surface area contributed by atoms with Crippen LogP contribution in [-0.2, 0) is 5.54 Å². The van der Waals surface area contributed by atoms with Crippen LogP contribution < -0.4 is 5.73 Å². The molecule has 0 atom stereocenters. The molecule has 0 bridgehead atoms. The monoisotopic (exact) mass is 234 g/mol. The average Bonchev–Trinajstić information content (AvgIpc) is 2.58. The van der Waals surface area contributed by atoms with E-state index in [-0.39, 0.29) is 5.54 Å². The predicted molar refractivity (Wildman–Crippen MR) is 70.9 cm³/mol. The Morgan fingerprint density at radius 3 is 2.56 bits per heavy atom. The molecule has 2 N–H and O–H groups in total. The number of hydrogen-bond acceptors (Lipinski definition) is 3. The zero-order valence-electron chi connectivity index (χ0n) is 10.2. The molecule has 0 radical (unpaired) electrons. The van der Waals surface area contributed by atoms with Crippen molar-refractivity contribution >= 4 is 21.6 Å². The molecule has 0 amide bonds. The third-order valence-electron chi connectivity index (χ3n) is 2.64. The molecular formula is C13H18N2S. The first kappa shape index (κ1) is 11.6. The van der Waals surface area contributed by atoms with E-state index >= 15 is 0 Å². The Hall–Kier alpha value is -0.930. The maximum Gasteiger partial charge on any atom is 0.0963 e. The summed E-state index contributed by atoms with van der Waals surface area (Å²) >= 11 is 1.77. The zero-order chi connectivity index (χ0) is 11.9. The molecule has 2 aromatic rings. The van der Waals surface area contributed by atoms with Crippen molar-refractivity contribution in [3.63, 3.8) is 0 Å². The van der Waals surface area contributed by atoms with Crippen molar-refractivity contribution in [3.05, 3.63) is 28.8 Å². The van der Waals surface area contributed by atoms with E-state index < -0.39 is 0 Å². The van der Waals surface area contributed by atoms with E-state index in [1.54, 1.807) is 11.3 Å². The Morgan fingerprint density at radius 1 is 1.31 bits per heavy atom. The number of hydrogen-bond donors (Lipinski definition) is 1. The van der Waals surface area contributed by atoms with Gasteiger partial charge in [0, 0.05) is 11.5 Å². The molecule has 1 heterocycles. The van der Waals surface area contributed by atoms with Gasteiger partial charge in [0.1, 0.15) is 0 Å². The minimum atomic E-state index is -0.282. The SMILES string of the molecule is CC(C)c1nc2ccc(C(C)(C)N)cc2s1. The molecule has 16 heavy (non-hydrogen) atoms. The van der Waals surface area contributed by atoms with Gasteiger partial charge >= 0.3 is 0 Å². The lowest BCUT2D eigenvalue weighted by Gasteiger charge is -2.18. The number of nitrogens with zero attached hydrogens (tertiary/aromatic N) is 1. The second-order valence-electron chi connectivity index (χ2n) is 5.11. The lowest BCUT2D eigenvalue weighted by Crippen LogP contribution is -2.28. The van der Waals surface area contributed by atoms with Gasteiger partial charge in [-0.15, -0.1) is 11.3 Å². The minimum absolute atomic E-state index is 0.282. The summed E-state index contributed by atoms with van der Waals surface area (Å²) in [6, 6.07) is 6.31. The normalized spacial score (nSPS) is 12.6. The summed E-state index contributed by atoms with van der Waals surface area (Å²) in [5, 5.41) is 1.20. The van der Waals surface area contributed by atoms with Gasteiger partial charge in [0.2, 0.25) is 0 Å². The summed E-state index contributed by atoms with van der Waals surface area (Å²) in [6.07, 6.45) is 0. The third-order valence-corrected chi connectivity index (χ3v) is 3.96. The highest BCUT2D eigenvalue weighted by molar-refractivity contribution is 7.18. The van der Waals surface area contributed by atoms with Crippen LogP contribution in [0, 0.1) is 0 Å². The summed E-state index contributed by atoms with van der Waals surface area (Å²) in [7, 11) is 0. The van der Waals surface area contributed by atoms with Gasteiger partial charge in [-0.25, -0.2) is 4.98 Å². The standard InChI is InChI=1S/C13H18N2S/c1-8(2)12-15-10-6-5-9(13(3,4)14)7-11(10)16-12/h5-8H,14H2,1-4H3. The molecule has 0 aliphatic carbocycles. The number of benzene rings is 1. The topological polar surface area (TPSA) is 38.9 Å². The molecule has 86 valence electrons. The van der Waals surface area contributed by atoms with Crippen molar-refractivity contribution in [3.8, 4) is 0 Å². The van der Waals surface area contributed by atoms with Crippen LogP contribution in [0.4, 0.5) is 0 Å². The van der Waals surface area contributed by atoms with Crippen molar-refractivity contribution in [2.24, 2.45) is 5.73 Å². The molecule has 2 nitrogen and oxygen atoms in total. The lowest BCUT2D eigenvalue weighted by atomic mass is 9.96. The average molecular weight is 234 g/mol. The van der Waals surface area contributed by atoms with Crippen LogP contribution in [0.25, 0.3) is 10.2 Å². The maximum absolute atomic E-state index is 6.10. The van der Waals surface area contributed by atoms with Crippen LogP contribution in [-0.4, -0.2) is 4.98 Å². The summed E-state index contributed by atoms with van der Waals surface area (Å²) in [6.45, 7) is 8.40. The molecule has 0 fully saturated rings. The first-order valence-electron chi connectivity index (χ1n) is 5.58. The van der Waals surface area contributed by atoms with E-state index in [1.807, 2.05) is 13.8 Å². The van der Waals surface area contributed by atoms with E-state index in [1.165, 1.54) is 15.3 Å². The van der Waals surface area contributed by atoms with E-state index in [2.05, 4.69) is 37.0 Å². The molecule has 1 aromatic carbocycles. The van der Waals surface area contributed by atoms with Gasteiger partial charge in [-0.3, -0.25) is 0 Å². The van der Waals surface area contributed by atoms with Gasteiger partial charge in [0.05, 0.1) is 15.2 Å². The Bertz CT molecular complexity index is 506. The van der Waals surface area contributed by atoms with Crippen molar-refractivity contribution < 1.29 is 0 Å². The fourth-order valence-corrected chi connectivity index (χ4v) is 2.60. The van der Waals surface area contributed by atoms with Crippen LogP contribution in [0.15, 0.2) is 18.2 Å². The van der Waals surface area contributed by atoms with Gasteiger partial charge in [0.15, 0.2) is 0 Å². The number of fused-ring (bicyclic) bond motifs is 1. The largest absolute Gasteiger partial charge is 0.322 e. The second-order valence-corrected chi connectivity index (χ2v) is 6.17. The lowest BCUT2D eigenvalue weighted by molar-refractivity contribution is 0.555. The van der Waals surface area contributed by atoms with E-state index in [0.29, 0.717) is 5.92 Å². The van der Waals surface area contributed by atoms with Crippen molar-refractivity contribution in [2.75, 3.05) is 0 Å². The molecule has 3 heteroatoms. The van der Waals surface area contributed by atoms with Crippen LogP contribution in [0.1, 0.15) is 44.2 Å². The highest BCUT2D eigenvalue weighted by Crippen LogP contribution is 2.30. The molecule has 2 rings (SSSR count). The number of nitrogens with two attached hydrogens (primary N) is 1. The molecule has 1 aromatic heterocycles. The Labute approximate surface area is 101 Å². The molecule has 0 spiro atoms. The molecule has 0 saturated carbocycles. The van der Waals surface area contributed by atoms with Crippen molar-refractivity contribution in [1.29, 1.82) is 0 Å². The minimum Gasteiger partial charge on any atom is -0.322 e.